The molecule has 4 nitrogen and oxygen atoms in total. The molecule has 108 valence electrons. The third-order valence-corrected chi connectivity index (χ3v) is 4.27. The Morgan fingerprint density at radius 3 is 3.00 bits per heavy atom. The van der Waals surface area contributed by atoms with E-state index in [1.807, 2.05) is 31.2 Å². The Morgan fingerprint density at radius 2 is 2.20 bits per heavy atom. The summed E-state index contributed by atoms with van der Waals surface area (Å²) in [7, 11) is 0. The van der Waals surface area contributed by atoms with Crippen LogP contribution in [0.5, 0.6) is 0 Å². The standard InChI is InChI=1S/C16H22N2O2/c1-12-4-6-13(7-5-12)16(19)17-9-15-10-18-8-2-3-14(18)11-20-15/h4-7,14-15H,2-3,8-11H2,1H3,(H,17,19)/t14-,15-/m1/s1. The largest absolute Gasteiger partial charge is 0.373 e. The Labute approximate surface area is 120 Å². The molecule has 2 aliphatic rings. The van der Waals surface area contributed by atoms with Crippen molar-refractivity contribution in [1.82, 2.24) is 10.2 Å². The van der Waals surface area contributed by atoms with E-state index in [0.717, 1.165) is 18.7 Å². The summed E-state index contributed by atoms with van der Waals surface area (Å²) in [6.07, 6.45) is 2.65. The number of benzene rings is 1. The van der Waals surface area contributed by atoms with E-state index in [9.17, 15) is 4.79 Å². The number of morpholine rings is 1. The highest BCUT2D eigenvalue weighted by Gasteiger charge is 2.32. The fourth-order valence-electron chi connectivity index (χ4n) is 3.02. The number of amides is 1. The summed E-state index contributed by atoms with van der Waals surface area (Å²) in [5.74, 6) is -0.0165. The molecule has 0 spiro atoms. The molecule has 0 radical (unpaired) electrons. The topological polar surface area (TPSA) is 41.6 Å². The highest BCUT2D eigenvalue weighted by atomic mass is 16.5. The molecule has 1 aromatic carbocycles. The predicted molar refractivity (Wildman–Crippen MR) is 77.8 cm³/mol. The predicted octanol–water partition coefficient (Wildman–Crippen LogP) is 1.59. The smallest absolute Gasteiger partial charge is 0.251 e. The summed E-state index contributed by atoms with van der Waals surface area (Å²) < 4.78 is 5.84. The number of aryl methyl sites for hydroxylation is 1. The molecular weight excluding hydrogens is 252 g/mol. The van der Waals surface area contributed by atoms with E-state index in [-0.39, 0.29) is 12.0 Å². The van der Waals surface area contributed by atoms with E-state index in [0.29, 0.717) is 18.2 Å². The first-order valence-electron chi connectivity index (χ1n) is 7.43. The van der Waals surface area contributed by atoms with Gasteiger partial charge in [-0.05, 0) is 38.4 Å². The number of hydrogen-bond donors (Lipinski definition) is 1. The maximum atomic E-state index is 12.0. The Balaban J connectivity index is 1.49. The van der Waals surface area contributed by atoms with Gasteiger partial charge >= 0.3 is 0 Å². The van der Waals surface area contributed by atoms with Crippen molar-refractivity contribution in [1.29, 1.82) is 0 Å². The molecule has 0 saturated carbocycles. The maximum absolute atomic E-state index is 12.0. The van der Waals surface area contributed by atoms with E-state index in [1.54, 1.807) is 0 Å². The van der Waals surface area contributed by atoms with Gasteiger partial charge in [0.2, 0.25) is 0 Å². The van der Waals surface area contributed by atoms with Gasteiger partial charge in [0.25, 0.3) is 5.91 Å². The van der Waals surface area contributed by atoms with Gasteiger partial charge < -0.3 is 10.1 Å². The van der Waals surface area contributed by atoms with E-state index >= 15 is 0 Å². The molecule has 0 unspecified atom stereocenters. The zero-order valence-electron chi connectivity index (χ0n) is 12.0. The molecule has 1 aromatic rings. The van der Waals surface area contributed by atoms with Gasteiger partial charge in [0, 0.05) is 24.7 Å². The van der Waals surface area contributed by atoms with E-state index < -0.39 is 0 Å². The second-order valence-electron chi connectivity index (χ2n) is 5.82. The van der Waals surface area contributed by atoms with Gasteiger partial charge in [0.05, 0.1) is 12.7 Å². The Kier molecular flexibility index (Phi) is 4.03. The lowest BCUT2D eigenvalue weighted by atomic mass is 10.1. The van der Waals surface area contributed by atoms with Crippen molar-refractivity contribution in [3.63, 3.8) is 0 Å². The molecule has 0 aromatic heterocycles. The first-order valence-corrected chi connectivity index (χ1v) is 7.43. The summed E-state index contributed by atoms with van der Waals surface area (Å²) in [5.41, 5.74) is 1.88. The molecule has 0 bridgehead atoms. The third kappa shape index (κ3) is 3.02. The van der Waals surface area contributed by atoms with Crippen LogP contribution in [-0.4, -0.2) is 49.2 Å². The van der Waals surface area contributed by atoms with Crippen LogP contribution in [0.2, 0.25) is 0 Å². The van der Waals surface area contributed by atoms with Crippen molar-refractivity contribution in [3.05, 3.63) is 35.4 Å². The average Bonchev–Trinajstić information content (AvgIpc) is 2.93. The minimum Gasteiger partial charge on any atom is -0.373 e. The van der Waals surface area contributed by atoms with E-state index in [2.05, 4.69) is 10.2 Å². The molecule has 2 heterocycles. The minimum atomic E-state index is -0.0165. The lowest BCUT2D eigenvalue weighted by Gasteiger charge is -2.35. The van der Waals surface area contributed by atoms with Crippen molar-refractivity contribution in [2.24, 2.45) is 0 Å². The molecule has 20 heavy (non-hydrogen) atoms. The molecule has 4 heteroatoms. The van der Waals surface area contributed by atoms with Gasteiger partial charge in [0.1, 0.15) is 0 Å². The van der Waals surface area contributed by atoms with Crippen molar-refractivity contribution in [2.75, 3.05) is 26.2 Å². The first kappa shape index (κ1) is 13.6. The summed E-state index contributed by atoms with van der Waals surface area (Å²) in [6.45, 7) is 5.54. The fourth-order valence-corrected chi connectivity index (χ4v) is 3.02. The van der Waals surface area contributed by atoms with Crippen LogP contribution in [-0.2, 0) is 4.74 Å². The van der Waals surface area contributed by atoms with Gasteiger partial charge in [0.15, 0.2) is 0 Å². The second kappa shape index (κ2) is 5.94. The van der Waals surface area contributed by atoms with Crippen LogP contribution in [0.25, 0.3) is 0 Å². The van der Waals surface area contributed by atoms with Crippen LogP contribution in [0.15, 0.2) is 24.3 Å². The molecule has 2 fully saturated rings. The lowest BCUT2D eigenvalue weighted by molar-refractivity contribution is -0.0461. The molecule has 3 rings (SSSR count). The van der Waals surface area contributed by atoms with Crippen molar-refractivity contribution >= 4 is 5.91 Å². The number of carbonyl (C=O) groups excluding carboxylic acids is 1. The Bertz CT molecular complexity index is 472. The summed E-state index contributed by atoms with van der Waals surface area (Å²) in [6, 6.07) is 8.26. The average molecular weight is 274 g/mol. The van der Waals surface area contributed by atoms with Crippen molar-refractivity contribution in [2.45, 2.75) is 31.9 Å². The van der Waals surface area contributed by atoms with Gasteiger partial charge in [-0.15, -0.1) is 0 Å². The number of fused-ring (bicyclic) bond motifs is 1. The Hall–Kier alpha value is -1.39. The van der Waals surface area contributed by atoms with Crippen LogP contribution in [0.3, 0.4) is 0 Å². The van der Waals surface area contributed by atoms with Crippen molar-refractivity contribution < 1.29 is 9.53 Å². The van der Waals surface area contributed by atoms with Gasteiger partial charge in [-0.2, -0.15) is 0 Å². The fraction of sp³-hybridized carbons (Fsp3) is 0.562. The number of carbonyl (C=O) groups is 1. The normalized spacial score (nSPS) is 26.2. The minimum absolute atomic E-state index is 0.0165. The molecule has 0 aliphatic carbocycles. The second-order valence-corrected chi connectivity index (χ2v) is 5.82. The van der Waals surface area contributed by atoms with Crippen LogP contribution in [0.1, 0.15) is 28.8 Å². The van der Waals surface area contributed by atoms with Gasteiger partial charge in [-0.25, -0.2) is 0 Å². The third-order valence-electron chi connectivity index (χ3n) is 4.27. The highest BCUT2D eigenvalue weighted by Crippen LogP contribution is 2.22. The number of rotatable bonds is 3. The molecular formula is C16H22N2O2. The van der Waals surface area contributed by atoms with Crippen LogP contribution in [0.4, 0.5) is 0 Å². The van der Waals surface area contributed by atoms with Gasteiger partial charge in [-0.3, -0.25) is 9.69 Å². The van der Waals surface area contributed by atoms with Crippen molar-refractivity contribution in [3.8, 4) is 0 Å². The monoisotopic (exact) mass is 274 g/mol. The van der Waals surface area contributed by atoms with Crippen LogP contribution >= 0.6 is 0 Å². The quantitative estimate of drug-likeness (QED) is 0.910. The lowest BCUT2D eigenvalue weighted by Crippen LogP contribution is -2.50. The molecule has 2 saturated heterocycles. The number of nitrogens with one attached hydrogen (secondary N) is 1. The summed E-state index contributed by atoms with van der Waals surface area (Å²) in [5, 5.41) is 2.98. The molecule has 2 aliphatic heterocycles. The highest BCUT2D eigenvalue weighted by molar-refractivity contribution is 5.94. The molecule has 1 N–H and O–H groups in total. The molecule has 1 amide bonds. The summed E-state index contributed by atoms with van der Waals surface area (Å²) >= 11 is 0. The van der Waals surface area contributed by atoms with E-state index in [1.165, 1.54) is 19.4 Å². The number of hydrogen-bond acceptors (Lipinski definition) is 3. The Morgan fingerprint density at radius 1 is 1.40 bits per heavy atom. The molecule has 2 atom stereocenters. The van der Waals surface area contributed by atoms with Crippen LogP contribution in [0, 0.1) is 6.92 Å². The van der Waals surface area contributed by atoms with Crippen LogP contribution < -0.4 is 5.32 Å². The summed E-state index contributed by atoms with van der Waals surface area (Å²) in [4.78, 5) is 14.5. The zero-order valence-corrected chi connectivity index (χ0v) is 12.0. The van der Waals surface area contributed by atoms with Gasteiger partial charge in [-0.1, -0.05) is 17.7 Å². The zero-order chi connectivity index (χ0) is 13.9. The first-order chi connectivity index (χ1) is 9.72. The number of ether oxygens (including phenoxy) is 1. The SMILES string of the molecule is Cc1ccc(C(=O)NC[C@@H]2CN3CCC[C@@H]3CO2)cc1. The number of nitrogens with zero attached hydrogens (tertiary/aromatic N) is 1. The maximum Gasteiger partial charge on any atom is 0.251 e. The van der Waals surface area contributed by atoms with E-state index in [4.69, 9.17) is 4.74 Å².